The van der Waals surface area contributed by atoms with Gasteiger partial charge in [-0.25, -0.2) is 0 Å². The molecule has 0 amide bonds. The number of benzene rings is 1. The van der Waals surface area contributed by atoms with Gasteiger partial charge in [-0.1, -0.05) is 24.3 Å². The second-order valence-corrected chi connectivity index (χ2v) is 6.81. The molecule has 0 spiro atoms. The van der Waals surface area contributed by atoms with Crippen LogP contribution in [0.5, 0.6) is 11.5 Å². The van der Waals surface area contributed by atoms with Gasteiger partial charge in [0.1, 0.15) is 0 Å². The van der Waals surface area contributed by atoms with Crippen LogP contribution in [0.4, 0.5) is 0 Å². The Bertz CT molecular complexity index is 870. The summed E-state index contributed by atoms with van der Waals surface area (Å²) in [6.07, 6.45) is 2.38. The van der Waals surface area contributed by atoms with Crippen LogP contribution < -0.4 is 44.0 Å². The van der Waals surface area contributed by atoms with Crippen molar-refractivity contribution in [2.75, 3.05) is 27.4 Å². The molecular formula is C18H20N3NaO4S. The smallest absolute Gasteiger partial charge is 0.491 e. The molecule has 2 heterocycles. The molecule has 0 bridgehead atoms. The van der Waals surface area contributed by atoms with Gasteiger partial charge in [0.15, 0.2) is 11.5 Å². The van der Waals surface area contributed by atoms with Crippen molar-refractivity contribution in [1.82, 2.24) is 15.0 Å². The van der Waals surface area contributed by atoms with E-state index >= 15 is 0 Å². The first kappa shape index (κ1) is 21.8. The number of fused-ring (bicyclic) bond motifs is 1. The number of para-hydroxylation sites is 2. The van der Waals surface area contributed by atoms with E-state index in [-0.39, 0.29) is 35.3 Å². The van der Waals surface area contributed by atoms with Crippen molar-refractivity contribution in [3.05, 3.63) is 42.2 Å². The molecule has 0 aliphatic rings. The first-order valence-electron chi connectivity index (χ1n) is 8.14. The van der Waals surface area contributed by atoms with Crippen LogP contribution in [0.2, 0.25) is 0 Å². The first-order valence-corrected chi connectivity index (χ1v) is 9.46. The molecule has 2 aromatic heterocycles. The quantitative estimate of drug-likeness (QED) is 0.349. The van der Waals surface area contributed by atoms with E-state index in [1.165, 1.54) is 0 Å². The molecule has 1 aromatic carbocycles. The maximum Gasteiger partial charge on any atom is 1.00 e. The van der Waals surface area contributed by atoms with Crippen molar-refractivity contribution in [3.63, 3.8) is 0 Å². The maximum absolute atomic E-state index is 12.7. The minimum Gasteiger partial charge on any atom is -0.491 e. The van der Waals surface area contributed by atoms with Gasteiger partial charge in [-0.05, 0) is 11.0 Å². The Morgan fingerprint density at radius 2 is 1.96 bits per heavy atom. The van der Waals surface area contributed by atoms with Crippen molar-refractivity contribution >= 4 is 21.8 Å². The van der Waals surface area contributed by atoms with E-state index in [0.717, 1.165) is 17.5 Å². The molecule has 3 rings (SSSR count). The van der Waals surface area contributed by atoms with E-state index in [9.17, 15) is 4.21 Å². The minimum absolute atomic E-state index is 0. The van der Waals surface area contributed by atoms with E-state index in [1.807, 2.05) is 24.3 Å². The Balaban J connectivity index is 0.00000261. The standard InChI is InChI=1S/C18H20N3O4S.Na/c1-23-10-5-11-25-16-8-9-19-15(17(16)24-2)12-26(22)18-20-13-6-3-4-7-14(13)21-18;/h3-4,6-9H,5,10-12H2,1-2H3;/q-1;+1. The molecule has 0 radical (unpaired) electrons. The van der Waals surface area contributed by atoms with Crippen LogP contribution in [0.15, 0.2) is 41.7 Å². The fraction of sp³-hybridized carbons (Fsp3) is 0.333. The third-order valence-electron chi connectivity index (χ3n) is 3.68. The molecular weight excluding hydrogens is 377 g/mol. The number of aromatic nitrogens is 3. The summed E-state index contributed by atoms with van der Waals surface area (Å²) in [5.74, 6) is 1.20. The van der Waals surface area contributed by atoms with Crippen molar-refractivity contribution in [2.24, 2.45) is 0 Å². The molecule has 138 valence electrons. The normalized spacial score (nSPS) is 11.8. The van der Waals surface area contributed by atoms with E-state index in [4.69, 9.17) is 14.2 Å². The summed E-state index contributed by atoms with van der Waals surface area (Å²) in [5, 5.41) is 0.293. The van der Waals surface area contributed by atoms with E-state index in [2.05, 4.69) is 15.0 Å². The number of hydrogen-bond donors (Lipinski definition) is 0. The zero-order valence-electron chi connectivity index (χ0n) is 15.7. The molecule has 0 aliphatic carbocycles. The zero-order chi connectivity index (χ0) is 18.4. The van der Waals surface area contributed by atoms with E-state index in [1.54, 1.807) is 26.5 Å². The summed E-state index contributed by atoms with van der Waals surface area (Å²) in [5.41, 5.74) is 2.00. The molecule has 1 unspecified atom stereocenters. The van der Waals surface area contributed by atoms with Gasteiger partial charge >= 0.3 is 29.6 Å². The van der Waals surface area contributed by atoms with Crippen molar-refractivity contribution in [1.29, 1.82) is 0 Å². The molecule has 0 aliphatic heterocycles. The third-order valence-corrected chi connectivity index (χ3v) is 4.81. The number of hydrogen-bond acceptors (Lipinski definition) is 6. The number of imidazole rings is 1. The number of rotatable bonds is 9. The van der Waals surface area contributed by atoms with Crippen LogP contribution in [0, 0.1) is 0 Å². The van der Waals surface area contributed by atoms with Gasteiger partial charge in [0.2, 0.25) is 0 Å². The monoisotopic (exact) mass is 397 g/mol. The summed E-state index contributed by atoms with van der Waals surface area (Å²) < 4.78 is 28.9. The van der Waals surface area contributed by atoms with Crippen molar-refractivity contribution in [3.8, 4) is 11.5 Å². The van der Waals surface area contributed by atoms with Gasteiger partial charge in [0.25, 0.3) is 0 Å². The maximum atomic E-state index is 12.7. The van der Waals surface area contributed by atoms with Crippen LogP contribution in [-0.4, -0.2) is 41.6 Å². The van der Waals surface area contributed by atoms with E-state index < -0.39 is 10.8 Å². The van der Waals surface area contributed by atoms with Crippen LogP contribution in [0.3, 0.4) is 0 Å². The third kappa shape index (κ3) is 5.52. The largest absolute Gasteiger partial charge is 1.00 e. The zero-order valence-corrected chi connectivity index (χ0v) is 18.5. The average molecular weight is 397 g/mol. The van der Waals surface area contributed by atoms with Crippen LogP contribution in [0.25, 0.3) is 11.0 Å². The summed E-state index contributed by atoms with van der Waals surface area (Å²) in [7, 11) is 1.75. The fourth-order valence-corrected chi connectivity index (χ4v) is 3.45. The fourth-order valence-electron chi connectivity index (χ4n) is 2.47. The Kier molecular flexibility index (Phi) is 8.72. The predicted molar refractivity (Wildman–Crippen MR) is 98.0 cm³/mol. The molecule has 0 fully saturated rings. The molecule has 7 nitrogen and oxygen atoms in total. The van der Waals surface area contributed by atoms with Gasteiger partial charge in [0, 0.05) is 37.6 Å². The molecule has 0 saturated heterocycles. The van der Waals surface area contributed by atoms with Crippen LogP contribution in [-0.2, 0) is 21.3 Å². The van der Waals surface area contributed by atoms with Gasteiger partial charge in [0.05, 0.1) is 36.0 Å². The van der Waals surface area contributed by atoms with Gasteiger partial charge in [-0.2, -0.15) is 0 Å². The van der Waals surface area contributed by atoms with Crippen LogP contribution in [0.1, 0.15) is 12.1 Å². The molecule has 3 aromatic rings. The Morgan fingerprint density at radius 1 is 1.15 bits per heavy atom. The first-order chi connectivity index (χ1) is 12.7. The summed E-state index contributed by atoms with van der Waals surface area (Å²) in [4.78, 5) is 13.0. The SMILES string of the molecule is COCCCOc1ccnc(CS(=O)c2nc3ccccc3[n-]2)c1OC.[Na+]. The van der Waals surface area contributed by atoms with Gasteiger partial charge in [-0.3, -0.25) is 9.19 Å². The topological polar surface area (TPSA) is 84.6 Å². The number of methoxy groups -OCH3 is 2. The Hall–Kier alpha value is -1.45. The Labute approximate surface area is 182 Å². The van der Waals surface area contributed by atoms with Gasteiger partial charge < -0.3 is 24.2 Å². The van der Waals surface area contributed by atoms with E-state index in [0.29, 0.717) is 35.6 Å². The van der Waals surface area contributed by atoms with Gasteiger partial charge in [-0.15, -0.1) is 0 Å². The second-order valence-electron chi connectivity index (χ2n) is 5.47. The molecule has 0 saturated carbocycles. The summed E-state index contributed by atoms with van der Waals surface area (Å²) in [6, 6.07) is 9.16. The van der Waals surface area contributed by atoms with Crippen molar-refractivity contribution < 1.29 is 48.0 Å². The number of pyridine rings is 1. The molecule has 1 atom stereocenters. The predicted octanol–water partition coefficient (Wildman–Crippen LogP) is -0.677. The number of nitrogens with zero attached hydrogens (tertiary/aromatic N) is 3. The molecule has 0 N–H and O–H groups in total. The molecule has 9 heteroatoms. The Morgan fingerprint density at radius 3 is 2.70 bits per heavy atom. The average Bonchev–Trinajstić information content (AvgIpc) is 3.10. The second kappa shape index (κ2) is 10.8. The van der Waals surface area contributed by atoms with Crippen molar-refractivity contribution in [2.45, 2.75) is 17.3 Å². The number of ether oxygens (including phenoxy) is 3. The minimum atomic E-state index is -1.44. The summed E-state index contributed by atoms with van der Waals surface area (Å²) in [6.45, 7) is 1.11. The summed E-state index contributed by atoms with van der Waals surface area (Å²) >= 11 is 0. The van der Waals surface area contributed by atoms with Crippen LogP contribution >= 0.6 is 0 Å². The molecule has 27 heavy (non-hydrogen) atoms.